The average Bonchev–Trinajstić information content (AvgIpc) is 3.42. The zero-order valence-electron chi connectivity index (χ0n) is 17.0. The van der Waals surface area contributed by atoms with Gasteiger partial charge in [-0.1, -0.05) is 53.8 Å². The zero-order chi connectivity index (χ0) is 20.5. The molecule has 2 unspecified atom stereocenters. The van der Waals surface area contributed by atoms with E-state index in [4.69, 9.17) is 4.74 Å². The number of hydrazine groups is 1. The van der Waals surface area contributed by atoms with Gasteiger partial charge in [0, 0.05) is 32.0 Å². The van der Waals surface area contributed by atoms with Gasteiger partial charge in [0.2, 0.25) is 5.91 Å². The van der Waals surface area contributed by atoms with Crippen molar-refractivity contribution in [1.82, 2.24) is 20.7 Å². The number of nitrogens with one attached hydrogen (secondary N) is 2. The Morgan fingerprint density at radius 1 is 1.10 bits per heavy atom. The summed E-state index contributed by atoms with van der Waals surface area (Å²) in [6, 6.07) is 16.5. The third-order valence-corrected chi connectivity index (χ3v) is 6.94. The lowest BCUT2D eigenvalue weighted by Gasteiger charge is -2.33. The van der Waals surface area contributed by atoms with Gasteiger partial charge in [0.15, 0.2) is 0 Å². The summed E-state index contributed by atoms with van der Waals surface area (Å²) in [4.78, 5) is 19.6. The first kappa shape index (κ1) is 19.5. The molecule has 5 rings (SSSR count). The molecule has 2 atom stereocenters. The summed E-state index contributed by atoms with van der Waals surface area (Å²) in [6.45, 7) is 3.52. The van der Waals surface area contributed by atoms with Gasteiger partial charge in [0.25, 0.3) is 5.19 Å². The van der Waals surface area contributed by atoms with Crippen LogP contribution in [0.2, 0.25) is 0 Å². The molecule has 30 heavy (non-hydrogen) atoms. The summed E-state index contributed by atoms with van der Waals surface area (Å²) in [6.07, 6.45) is 2.55. The summed E-state index contributed by atoms with van der Waals surface area (Å²) < 4.78 is 7.32. The van der Waals surface area contributed by atoms with Crippen molar-refractivity contribution in [1.29, 1.82) is 0 Å². The molecule has 2 aliphatic rings. The Balaban J connectivity index is 1.15. The number of ether oxygens (including phenoxy) is 1. The van der Waals surface area contributed by atoms with Crippen molar-refractivity contribution in [2.45, 2.75) is 44.4 Å². The van der Waals surface area contributed by atoms with E-state index in [1.807, 2.05) is 23.1 Å². The smallest absolute Gasteiger partial charge is 0.274 e. The fourth-order valence-electron chi connectivity index (χ4n) is 4.30. The van der Waals surface area contributed by atoms with Crippen LogP contribution in [0.1, 0.15) is 36.4 Å². The van der Waals surface area contributed by atoms with Crippen molar-refractivity contribution < 1.29 is 9.53 Å². The number of aromatic nitrogens is 1. The van der Waals surface area contributed by atoms with Crippen LogP contribution >= 0.6 is 11.3 Å². The molecule has 3 heterocycles. The van der Waals surface area contributed by atoms with Crippen molar-refractivity contribution in [2.75, 3.05) is 13.1 Å². The molecule has 6 nitrogen and oxygen atoms in total. The molecule has 156 valence electrons. The normalized spacial score (nSPS) is 22.5. The Morgan fingerprint density at radius 2 is 1.90 bits per heavy atom. The van der Waals surface area contributed by atoms with Crippen molar-refractivity contribution in [3.8, 4) is 5.19 Å². The quantitative estimate of drug-likeness (QED) is 0.673. The highest BCUT2D eigenvalue weighted by Gasteiger charge is 2.34. The van der Waals surface area contributed by atoms with E-state index >= 15 is 0 Å². The minimum absolute atomic E-state index is 0.113. The van der Waals surface area contributed by atoms with Crippen LogP contribution < -0.4 is 15.6 Å². The second kappa shape index (κ2) is 8.34. The highest BCUT2D eigenvalue weighted by atomic mass is 32.1. The lowest BCUT2D eigenvalue weighted by molar-refractivity contribution is -0.135. The number of aryl methyl sites for hydroxylation is 1. The van der Waals surface area contributed by atoms with Gasteiger partial charge < -0.3 is 9.64 Å². The van der Waals surface area contributed by atoms with Crippen molar-refractivity contribution in [3.63, 3.8) is 0 Å². The number of thiazole rings is 1. The summed E-state index contributed by atoms with van der Waals surface area (Å²) in [5.74, 6) is 0.176. The molecule has 2 fully saturated rings. The van der Waals surface area contributed by atoms with E-state index in [1.54, 1.807) is 11.3 Å². The number of piperidine rings is 1. The minimum atomic E-state index is -0.181. The van der Waals surface area contributed by atoms with Gasteiger partial charge in [-0.15, -0.1) is 0 Å². The first-order valence-electron chi connectivity index (χ1n) is 10.5. The summed E-state index contributed by atoms with van der Waals surface area (Å²) in [5.41, 5.74) is 9.87. The van der Waals surface area contributed by atoms with Gasteiger partial charge in [-0.2, -0.15) is 0 Å². The molecule has 2 saturated heterocycles. The van der Waals surface area contributed by atoms with Gasteiger partial charge >= 0.3 is 0 Å². The summed E-state index contributed by atoms with van der Waals surface area (Å²) in [7, 11) is 0. The lowest BCUT2D eigenvalue weighted by atomic mass is 10.0. The zero-order valence-corrected chi connectivity index (χ0v) is 17.8. The molecule has 2 aromatic carbocycles. The van der Waals surface area contributed by atoms with E-state index < -0.39 is 0 Å². The van der Waals surface area contributed by atoms with Crippen LogP contribution in [-0.4, -0.2) is 41.0 Å². The third kappa shape index (κ3) is 3.93. The van der Waals surface area contributed by atoms with Crippen LogP contribution in [0.3, 0.4) is 0 Å². The molecule has 0 bridgehead atoms. The van der Waals surface area contributed by atoms with Crippen LogP contribution in [0.25, 0.3) is 10.2 Å². The molecule has 3 aromatic rings. The number of rotatable bonds is 4. The molecule has 1 aromatic heterocycles. The molecule has 0 spiro atoms. The van der Waals surface area contributed by atoms with E-state index in [1.165, 1.54) is 11.1 Å². The van der Waals surface area contributed by atoms with Crippen LogP contribution in [0, 0.1) is 6.92 Å². The monoisotopic (exact) mass is 422 g/mol. The lowest BCUT2D eigenvalue weighted by Crippen LogP contribution is -2.49. The molecule has 2 N–H and O–H groups in total. The van der Waals surface area contributed by atoms with Crippen LogP contribution in [-0.2, 0) is 4.79 Å². The Bertz CT molecular complexity index is 1030. The van der Waals surface area contributed by atoms with Gasteiger partial charge in [-0.05, 0) is 30.5 Å². The number of benzene rings is 2. The maximum absolute atomic E-state index is 13.0. The number of carbonyl (C=O) groups is 1. The molecule has 0 aliphatic carbocycles. The minimum Gasteiger partial charge on any atom is -0.467 e. The highest BCUT2D eigenvalue weighted by Crippen LogP contribution is 2.31. The number of para-hydroxylation sites is 1. The van der Waals surface area contributed by atoms with E-state index in [0.29, 0.717) is 0 Å². The van der Waals surface area contributed by atoms with E-state index in [9.17, 15) is 4.79 Å². The molecule has 0 radical (unpaired) electrons. The molecule has 0 saturated carbocycles. The number of hydrogen-bond acceptors (Lipinski definition) is 6. The van der Waals surface area contributed by atoms with Gasteiger partial charge in [-0.25, -0.2) is 15.8 Å². The number of nitrogens with zero attached hydrogens (tertiary/aromatic N) is 2. The van der Waals surface area contributed by atoms with Crippen molar-refractivity contribution in [3.05, 3.63) is 59.7 Å². The molecule has 2 aliphatic heterocycles. The average molecular weight is 423 g/mol. The maximum Gasteiger partial charge on any atom is 0.274 e. The number of amides is 1. The van der Waals surface area contributed by atoms with Gasteiger partial charge in [0.1, 0.15) is 12.1 Å². The highest BCUT2D eigenvalue weighted by molar-refractivity contribution is 7.20. The first-order chi connectivity index (χ1) is 14.7. The summed E-state index contributed by atoms with van der Waals surface area (Å²) in [5, 5.41) is 0.733. The maximum atomic E-state index is 13.0. The van der Waals surface area contributed by atoms with E-state index in [0.717, 1.165) is 47.8 Å². The SMILES string of the molecule is Cc1cccc2sc(OC3CCN(C(=O)C4CC(c5ccccc5)NN4)CC3)nc12. The summed E-state index contributed by atoms with van der Waals surface area (Å²) >= 11 is 1.60. The Morgan fingerprint density at radius 3 is 2.67 bits per heavy atom. The van der Waals surface area contributed by atoms with Gasteiger partial charge in [0.05, 0.1) is 10.2 Å². The molecule has 7 heteroatoms. The largest absolute Gasteiger partial charge is 0.467 e. The fourth-order valence-corrected chi connectivity index (χ4v) is 5.25. The third-order valence-electron chi connectivity index (χ3n) is 6.03. The molecule has 1 amide bonds. The van der Waals surface area contributed by atoms with Gasteiger partial charge in [-0.3, -0.25) is 4.79 Å². The molecular formula is C23H26N4O2S. The standard InChI is InChI=1S/C23H26N4O2S/c1-15-6-5-9-20-21(15)24-23(30-20)29-17-10-12-27(13-11-17)22(28)19-14-18(25-26-19)16-7-3-2-4-8-16/h2-9,17-19,25-26H,10-14H2,1H3. The van der Waals surface area contributed by atoms with Crippen LogP contribution in [0.15, 0.2) is 48.5 Å². The Labute approximate surface area is 180 Å². The van der Waals surface area contributed by atoms with E-state index in [-0.39, 0.29) is 24.1 Å². The van der Waals surface area contributed by atoms with Crippen LogP contribution in [0.4, 0.5) is 0 Å². The van der Waals surface area contributed by atoms with E-state index in [2.05, 4.69) is 53.1 Å². The Hall–Kier alpha value is -2.48. The fraction of sp³-hybridized carbons (Fsp3) is 0.391. The predicted molar refractivity (Wildman–Crippen MR) is 118 cm³/mol. The number of likely N-dealkylation sites (tertiary alicyclic amines) is 1. The number of hydrogen-bond donors (Lipinski definition) is 2. The predicted octanol–water partition coefficient (Wildman–Crippen LogP) is 3.58. The Kier molecular flexibility index (Phi) is 5.41. The van der Waals surface area contributed by atoms with Crippen molar-refractivity contribution in [2.24, 2.45) is 0 Å². The number of carbonyl (C=O) groups excluding carboxylic acids is 1. The second-order valence-corrected chi connectivity index (χ2v) is 9.08. The topological polar surface area (TPSA) is 66.5 Å². The van der Waals surface area contributed by atoms with Crippen LogP contribution in [0.5, 0.6) is 5.19 Å². The van der Waals surface area contributed by atoms with Crippen molar-refractivity contribution >= 4 is 27.5 Å². The first-order valence-corrected chi connectivity index (χ1v) is 11.4. The molecular weight excluding hydrogens is 396 g/mol. The second-order valence-electron chi connectivity index (χ2n) is 8.08. The number of fused-ring (bicyclic) bond motifs is 1.